The van der Waals surface area contributed by atoms with E-state index in [-0.39, 0.29) is 0 Å². The standard InChI is InChI=1S/C13H17BrN2O/c1-9-12(14)7-8-13(15-9)16(2)10-3-5-11(17)6-4-10/h7-8,10H,3-6H2,1-2H3. The van der Waals surface area contributed by atoms with Crippen molar-refractivity contribution in [1.82, 2.24) is 4.98 Å². The monoisotopic (exact) mass is 296 g/mol. The van der Waals surface area contributed by atoms with E-state index in [9.17, 15) is 4.79 Å². The van der Waals surface area contributed by atoms with Gasteiger partial charge in [-0.1, -0.05) is 0 Å². The molecule has 0 saturated heterocycles. The van der Waals surface area contributed by atoms with Crippen molar-refractivity contribution in [2.45, 2.75) is 38.6 Å². The summed E-state index contributed by atoms with van der Waals surface area (Å²) in [7, 11) is 2.07. The van der Waals surface area contributed by atoms with Crippen LogP contribution in [0.15, 0.2) is 16.6 Å². The SMILES string of the molecule is Cc1nc(N(C)C2CCC(=O)CC2)ccc1Br. The second kappa shape index (κ2) is 5.17. The fourth-order valence-corrected chi connectivity index (χ4v) is 2.45. The van der Waals surface area contributed by atoms with Gasteiger partial charge in [-0.3, -0.25) is 4.79 Å². The first-order chi connectivity index (χ1) is 8.08. The molecule has 0 atom stereocenters. The maximum absolute atomic E-state index is 11.2. The summed E-state index contributed by atoms with van der Waals surface area (Å²) >= 11 is 3.46. The van der Waals surface area contributed by atoms with E-state index in [2.05, 4.69) is 32.9 Å². The summed E-state index contributed by atoms with van der Waals surface area (Å²) in [5.74, 6) is 1.39. The van der Waals surface area contributed by atoms with E-state index < -0.39 is 0 Å². The topological polar surface area (TPSA) is 33.2 Å². The van der Waals surface area contributed by atoms with Gasteiger partial charge in [0.2, 0.25) is 0 Å². The van der Waals surface area contributed by atoms with Gasteiger partial charge in [0.25, 0.3) is 0 Å². The zero-order valence-corrected chi connectivity index (χ0v) is 11.8. The average molecular weight is 297 g/mol. The molecule has 1 aromatic heterocycles. The third-order valence-electron chi connectivity index (χ3n) is 3.43. The molecule has 0 N–H and O–H groups in total. The number of carbonyl (C=O) groups excluding carboxylic acids is 1. The highest BCUT2D eigenvalue weighted by Crippen LogP contribution is 2.25. The molecule has 0 bridgehead atoms. The van der Waals surface area contributed by atoms with Gasteiger partial charge >= 0.3 is 0 Å². The molecule has 0 amide bonds. The number of aryl methyl sites for hydroxylation is 1. The van der Waals surface area contributed by atoms with Gasteiger partial charge in [0.15, 0.2) is 0 Å². The summed E-state index contributed by atoms with van der Waals surface area (Å²) in [6.45, 7) is 1.99. The molecule has 92 valence electrons. The van der Waals surface area contributed by atoms with Crippen LogP contribution in [0.3, 0.4) is 0 Å². The number of halogens is 1. The van der Waals surface area contributed by atoms with Gasteiger partial charge in [0, 0.05) is 30.4 Å². The maximum Gasteiger partial charge on any atom is 0.133 e. The Morgan fingerprint density at radius 1 is 1.35 bits per heavy atom. The lowest BCUT2D eigenvalue weighted by Gasteiger charge is -2.31. The molecule has 0 radical (unpaired) electrons. The van der Waals surface area contributed by atoms with Gasteiger partial charge in [0.05, 0.1) is 5.69 Å². The highest BCUT2D eigenvalue weighted by molar-refractivity contribution is 9.10. The van der Waals surface area contributed by atoms with Crippen LogP contribution in [0.1, 0.15) is 31.4 Å². The van der Waals surface area contributed by atoms with E-state index in [0.717, 1.165) is 28.8 Å². The van der Waals surface area contributed by atoms with E-state index in [1.54, 1.807) is 0 Å². The molecule has 0 aliphatic heterocycles. The molecular weight excluding hydrogens is 280 g/mol. The van der Waals surface area contributed by atoms with Crippen molar-refractivity contribution in [3.05, 3.63) is 22.3 Å². The van der Waals surface area contributed by atoms with Crippen LogP contribution in [0.5, 0.6) is 0 Å². The highest BCUT2D eigenvalue weighted by Gasteiger charge is 2.23. The van der Waals surface area contributed by atoms with Crippen molar-refractivity contribution in [3.8, 4) is 0 Å². The first-order valence-electron chi connectivity index (χ1n) is 5.95. The van der Waals surface area contributed by atoms with Crippen LogP contribution in [-0.2, 0) is 4.79 Å². The van der Waals surface area contributed by atoms with Gasteiger partial charge in [-0.2, -0.15) is 0 Å². The van der Waals surface area contributed by atoms with Crippen molar-refractivity contribution in [3.63, 3.8) is 0 Å². The minimum Gasteiger partial charge on any atom is -0.357 e. The highest BCUT2D eigenvalue weighted by atomic mass is 79.9. The molecular formula is C13H17BrN2O. The molecule has 1 fully saturated rings. The molecule has 4 heteroatoms. The molecule has 2 rings (SSSR count). The third kappa shape index (κ3) is 2.86. The molecule has 1 aliphatic carbocycles. The average Bonchev–Trinajstić information content (AvgIpc) is 2.33. The molecule has 1 heterocycles. The van der Waals surface area contributed by atoms with Crippen LogP contribution in [0, 0.1) is 6.92 Å². The number of ketones is 1. The predicted octanol–water partition coefficient (Wildman–Crippen LogP) is 3.10. The second-order valence-electron chi connectivity index (χ2n) is 4.62. The molecule has 3 nitrogen and oxygen atoms in total. The number of aromatic nitrogens is 1. The largest absolute Gasteiger partial charge is 0.357 e. The van der Waals surface area contributed by atoms with Crippen molar-refractivity contribution in [2.24, 2.45) is 0 Å². The van der Waals surface area contributed by atoms with Gasteiger partial charge in [-0.25, -0.2) is 4.98 Å². The number of hydrogen-bond donors (Lipinski definition) is 0. The minimum atomic E-state index is 0.398. The Morgan fingerprint density at radius 3 is 2.59 bits per heavy atom. The smallest absolute Gasteiger partial charge is 0.133 e. The molecule has 0 aromatic carbocycles. The number of carbonyl (C=O) groups is 1. The Hall–Kier alpha value is -0.900. The van der Waals surface area contributed by atoms with Crippen molar-refractivity contribution in [2.75, 3.05) is 11.9 Å². The molecule has 0 spiro atoms. The fourth-order valence-electron chi connectivity index (χ4n) is 2.23. The van der Waals surface area contributed by atoms with Crippen molar-refractivity contribution in [1.29, 1.82) is 0 Å². The first-order valence-corrected chi connectivity index (χ1v) is 6.75. The Labute approximate surface area is 110 Å². The van der Waals surface area contributed by atoms with Crippen LogP contribution in [0.2, 0.25) is 0 Å². The van der Waals surface area contributed by atoms with E-state index in [0.29, 0.717) is 24.7 Å². The third-order valence-corrected chi connectivity index (χ3v) is 4.27. The number of rotatable bonds is 2. The lowest BCUT2D eigenvalue weighted by atomic mass is 9.93. The lowest BCUT2D eigenvalue weighted by molar-refractivity contribution is -0.120. The number of hydrogen-bond acceptors (Lipinski definition) is 3. The van der Waals surface area contributed by atoms with E-state index in [1.807, 2.05) is 19.1 Å². The van der Waals surface area contributed by atoms with E-state index in [1.165, 1.54) is 0 Å². The zero-order valence-electron chi connectivity index (χ0n) is 10.2. The number of nitrogens with zero attached hydrogens (tertiary/aromatic N) is 2. The summed E-state index contributed by atoms with van der Waals surface area (Å²) in [4.78, 5) is 18.0. The number of Topliss-reactive ketones (excluding diaryl/α,β-unsaturated/α-hetero) is 1. The molecule has 17 heavy (non-hydrogen) atoms. The van der Waals surface area contributed by atoms with Gasteiger partial charge in [-0.15, -0.1) is 0 Å². The molecule has 1 saturated carbocycles. The van der Waals surface area contributed by atoms with Gasteiger partial charge < -0.3 is 4.90 Å². The quantitative estimate of drug-likeness (QED) is 0.841. The summed E-state index contributed by atoms with van der Waals surface area (Å²) in [5.41, 5.74) is 1.00. The van der Waals surface area contributed by atoms with Gasteiger partial charge in [-0.05, 0) is 47.8 Å². The van der Waals surface area contributed by atoms with Crippen LogP contribution in [0.25, 0.3) is 0 Å². The lowest BCUT2D eigenvalue weighted by Crippen LogP contribution is -2.35. The summed E-state index contributed by atoms with van der Waals surface area (Å²) in [6.07, 6.45) is 3.33. The maximum atomic E-state index is 11.2. The van der Waals surface area contributed by atoms with Crippen LogP contribution < -0.4 is 4.90 Å². The first kappa shape index (κ1) is 12.6. The van der Waals surface area contributed by atoms with Crippen LogP contribution in [0.4, 0.5) is 5.82 Å². The van der Waals surface area contributed by atoms with Crippen molar-refractivity contribution >= 4 is 27.5 Å². The second-order valence-corrected chi connectivity index (χ2v) is 5.47. The fraction of sp³-hybridized carbons (Fsp3) is 0.538. The van der Waals surface area contributed by atoms with Crippen LogP contribution >= 0.6 is 15.9 Å². The van der Waals surface area contributed by atoms with Gasteiger partial charge in [0.1, 0.15) is 11.6 Å². The Balaban J connectivity index is 2.11. The predicted molar refractivity (Wildman–Crippen MR) is 72.3 cm³/mol. The number of anilines is 1. The normalized spacial score (nSPS) is 17.2. The molecule has 0 unspecified atom stereocenters. The van der Waals surface area contributed by atoms with E-state index >= 15 is 0 Å². The number of pyridine rings is 1. The molecule has 1 aliphatic rings. The summed E-state index contributed by atoms with van der Waals surface area (Å²) < 4.78 is 1.04. The summed E-state index contributed by atoms with van der Waals surface area (Å²) in [5, 5.41) is 0. The van der Waals surface area contributed by atoms with E-state index in [4.69, 9.17) is 0 Å². The minimum absolute atomic E-state index is 0.398. The molecule has 1 aromatic rings. The Morgan fingerprint density at radius 2 is 2.00 bits per heavy atom. The zero-order chi connectivity index (χ0) is 12.4. The summed E-state index contributed by atoms with van der Waals surface area (Å²) in [6, 6.07) is 4.50. The van der Waals surface area contributed by atoms with Crippen LogP contribution in [-0.4, -0.2) is 23.9 Å². The Bertz CT molecular complexity index is 423. The Kier molecular flexibility index (Phi) is 3.82. The van der Waals surface area contributed by atoms with Crippen molar-refractivity contribution < 1.29 is 4.79 Å².